The van der Waals surface area contributed by atoms with Crippen LogP contribution >= 0.6 is 11.8 Å². The molecule has 48 heavy (non-hydrogen) atoms. The number of thioether (sulfide) groups is 1. The highest BCUT2D eigenvalue weighted by Gasteiger charge is 2.38. The zero-order valence-corrected chi connectivity index (χ0v) is 30.7. The molecule has 11 heteroatoms. The first-order valence-electron chi connectivity index (χ1n) is 16.7. The predicted molar refractivity (Wildman–Crippen MR) is 191 cm³/mol. The maximum absolute atomic E-state index is 14.5. The minimum atomic E-state index is -1.23. The lowest BCUT2D eigenvalue weighted by atomic mass is 9.99. The molecule has 0 bridgehead atoms. The van der Waals surface area contributed by atoms with E-state index in [1.54, 1.807) is 53.7 Å². The van der Waals surface area contributed by atoms with Gasteiger partial charge in [-0.2, -0.15) is 11.8 Å². The van der Waals surface area contributed by atoms with Gasteiger partial charge in [0.05, 0.1) is 0 Å². The van der Waals surface area contributed by atoms with Crippen LogP contribution in [0.25, 0.3) is 0 Å². The molecule has 0 heterocycles. The van der Waals surface area contributed by atoms with Crippen molar-refractivity contribution in [3.05, 3.63) is 65.7 Å². The summed E-state index contributed by atoms with van der Waals surface area (Å²) in [4.78, 5) is 56.9. The van der Waals surface area contributed by atoms with Crippen molar-refractivity contribution in [3.63, 3.8) is 0 Å². The maximum Gasteiger partial charge on any atom is 0.408 e. The molecule has 10 nitrogen and oxygen atoms in total. The van der Waals surface area contributed by atoms with Crippen LogP contribution < -0.4 is 10.6 Å². The number of nitrogens with one attached hydrogen (secondary N) is 2. The third-order valence-corrected chi connectivity index (χ3v) is 7.82. The monoisotopic (exact) mass is 685 g/mol. The highest BCUT2D eigenvalue weighted by molar-refractivity contribution is 7.98. The summed E-state index contributed by atoms with van der Waals surface area (Å²) in [5, 5.41) is 16.1. The SMILES string of the molecule is CCCCCCN(C(=O)C(CCSC)NC(=O)OC(C)(C)C)C(C(=O)NC(Cc1ccccc1)C(=O)OC(C)(C)C)c1cccc(O)c1. The van der Waals surface area contributed by atoms with Gasteiger partial charge in [0.2, 0.25) is 11.8 Å². The molecule has 3 unspecified atom stereocenters. The van der Waals surface area contributed by atoms with Crippen molar-refractivity contribution in [2.24, 2.45) is 0 Å². The quantitative estimate of drug-likeness (QED) is 0.126. The zero-order valence-electron chi connectivity index (χ0n) is 29.8. The Labute approximate surface area is 290 Å². The van der Waals surface area contributed by atoms with Crippen LogP contribution in [-0.2, 0) is 30.3 Å². The molecule has 0 aliphatic heterocycles. The number of ether oxygens (including phenoxy) is 2. The Balaban J connectivity index is 2.62. The fourth-order valence-electron chi connectivity index (χ4n) is 5.05. The lowest BCUT2D eigenvalue weighted by Gasteiger charge is -2.35. The molecule has 3 atom stereocenters. The van der Waals surface area contributed by atoms with E-state index in [4.69, 9.17) is 9.47 Å². The van der Waals surface area contributed by atoms with Crippen LogP contribution in [0.15, 0.2) is 54.6 Å². The largest absolute Gasteiger partial charge is 0.508 e. The molecule has 0 saturated carbocycles. The van der Waals surface area contributed by atoms with Crippen LogP contribution in [0, 0.1) is 0 Å². The minimum absolute atomic E-state index is 0.0810. The molecule has 0 spiro atoms. The van der Waals surface area contributed by atoms with E-state index in [2.05, 4.69) is 17.6 Å². The van der Waals surface area contributed by atoms with E-state index < -0.39 is 53.2 Å². The van der Waals surface area contributed by atoms with Gasteiger partial charge in [0.25, 0.3) is 0 Å². The zero-order chi connectivity index (χ0) is 35.9. The van der Waals surface area contributed by atoms with Crippen LogP contribution in [0.5, 0.6) is 5.75 Å². The van der Waals surface area contributed by atoms with Gasteiger partial charge in [-0.05, 0) is 89.7 Å². The summed E-state index contributed by atoms with van der Waals surface area (Å²) in [7, 11) is 0. The number of hydrogen-bond acceptors (Lipinski definition) is 8. The predicted octanol–water partition coefficient (Wildman–Crippen LogP) is 6.56. The van der Waals surface area contributed by atoms with Crippen molar-refractivity contribution in [2.75, 3.05) is 18.6 Å². The number of nitrogens with zero attached hydrogens (tertiary/aromatic N) is 1. The standard InChI is InChI=1S/C37H55N3O7S/c1-9-10-11-15-22-40(33(43)29(21-23-48-8)39-35(45)47-37(5,6)7)31(27-19-16-20-28(41)25-27)32(42)38-30(34(44)46-36(2,3)4)24-26-17-13-12-14-18-26/h12-14,16-20,25,29-31,41H,9-11,15,21-24H2,1-8H3,(H,38,42)(H,39,45). The van der Waals surface area contributed by atoms with Crippen molar-refractivity contribution in [2.45, 2.75) is 116 Å². The Morgan fingerprint density at radius 3 is 2.10 bits per heavy atom. The first-order chi connectivity index (χ1) is 22.5. The van der Waals surface area contributed by atoms with Gasteiger partial charge in [0.15, 0.2) is 0 Å². The van der Waals surface area contributed by atoms with E-state index >= 15 is 0 Å². The second-order valence-corrected chi connectivity index (χ2v) is 14.8. The topological polar surface area (TPSA) is 134 Å². The number of phenolic OH excluding ortho intramolecular Hbond substituents is 1. The van der Waals surface area contributed by atoms with Crippen LogP contribution in [0.2, 0.25) is 0 Å². The number of benzene rings is 2. The van der Waals surface area contributed by atoms with E-state index in [1.165, 1.54) is 28.8 Å². The summed E-state index contributed by atoms with van der Waals surface area (Å²) in [5.41, 5.74) is -0.412. The number of rotatable bonds is 17. The van der Waals surface area contributed by atoms with E-state index in [9.17, 15) is 24.3 Å². The summed E-state index contributed by atoms with van der Waals surface area (Å²) in [6.45, 7) is 12.8. The molecule has 3 N–H and O–H groups in total. The molecule has 2 aromatic rings. The first-order valence-corrected chi connectivity index (χ1v) is 18.1. The summed E-state index contributed by atoms with van der Waals surface area (Å²) >= 11 is 1.53. The van der Waals surface area contributed by atoms with Crippen LogP contribution in [0.4, 0.5) is 4.79 Å². The molecular weight excluding hydrogens is 630 g/mol. The highest BCUT2D eigenvalue weighted by atomic mass is 32.2. The van der Waals surface area contributed by atoms with Crippen molar-refractivity contribution in [3.8, 4) is 5.75 Å². The van der Waals surface area contributed by atoms with E-state index in [0.29, 0.717) is 24.2 Å². The molecule has 0 aliphatic carbocycles. The Kier molecular flexibility index (Phi) is 16.3. The van der Waals surface area contributed by atoms with Gasteiger partial charge in [-0.1, -0.05) is 68.7 Å². The Hall–Kier alpha value is -3.73. The lowest BCUT2D eigenvalue weighted by molar-refractivity contribution is -0.159. The van der Waals surface area contributed by atoms with Gasteiger partial charge in [0.1, 0.15) is 35.1 Å². The highest BCUT2D eigenvalue weighted by Crippen LogP contribution is 2.27. The van der Waals surface area contributed by atoms with Crippen molar-refractivity contribution in [1.82, 2.24) is 15.5 Å². The molecule has 2 aromatic carbocycles. The number of phenols is 1. The van der Waals surface area contributed by atoms with Crippen LogP contribution in [0.1, 0.15) is 97.7 Å². The summed E-state index contributed by atoms with van der Waals surface area (Å²) < 4.78 is 11.2. The van der Waals surface area contributed by atoms with Crippen molar-refractivity contribution in [1.29, 1.82) is 0 Å². The number of aromatic hydroxyl groups is 1. The van der Waals surface area contributed by atoms with Gasteiger partial charge >= 0.3 is 12.1 Å². The molecule has 0 fully saturated rings. The Morgan fingerprint density at radius 1 is 0.854 bits per heavy atom. The van der Waals surface area contributed by atoms with Crippen molar-refractivity contribution < 1.29 is 33.8 Å². The van der Waals surface area contributed by atoms with Gasteiger partial charge in [-0.25, -0.2) is 9.59 Å². The third-order valence-electron chi connectivity index (χ3n) is 7.17. The molecule has 2 rings (SSSR count). The lowest BCUT2D eigenvalue weighted by Crippen LogP contribution is -2.55. The first kappa shape index (κ1) is 40.4. The van der Waals surface area contributed by atoms with Gasteiger partial charge in [-0.15, -0.1) is 0 Å². The fourth-order valence-corrected chi connectivity index (χ4v) is 5.52. The normalized spacial score (nSPS) is 13.5. The number of unbranched alkanes of at least 4 members (excludes halogenated alkanes) is 3. The molecule has 3 amide bonds. The van der Waals surface area contributed by atoms with Gasteiger partial charge in [0, 0.05) is 13.0 Å². The maximum atomic E-state index is 14.5. The van der Waals surface area contributed by atoms with Gasteiger partial charge < -0.3 is 30.1 Å². The number of esters is 1. The van der Waals surface area contributed by atoms with E-state index in [1.807, 2.05) is 36.6 Å². The molecule has 0 saturated heterocycles. The molecule has 0 aliphatic rings. The molecule has 266 valence electrons. The summed E-state index contributed by atoms with van der Waals surface area (Å²) in [5.74, 6) is -1.21. The number of carbonyl (C=O) groups excluding carboxylic acids is 4. The number of alkyl carbamates (subject to hydrolysis) is 1. The Bertz CT molecular complexity index is 1320. The van der Waals surface area contributed by atoms with Crippen molar-refractivity contribution >= 4 is 35.6 Å². The summed E-state index contributed by atoms with van der Waals surface area (Å²) in [6.07, 6.45) is 4.96. The number of carbonyl (C=O) groups is 4. The second kappa shape index (κ2) is 19.3. The molecule has 0 radical (unpaired) electrons. The average Bonchev–Trinajstić information content (AvgIpc) is 2.98. The second-order valence-electron chi connectivity index (χ2n) is 13.9. The smallest absolute Gasteiger partial charge is 0.408 e. The fraction of sp³-hybridized carbons (Fsp3) is 0.568. The third kappa shape index (κ3) is 14.6. The average molecular weight is 686 g/mol. The van der Waals surface area contributed by atoms with Gasteiger partial charge in [-0.3, -0.25) is 9.59 Å². The van der Waals surface area contributed by atoms with Crippen LogP contribution in [-0.4, -0.2) is 75.7 Å². The number of hydrogen-bond donors (Lipinski definition) is 3. The Morgan fingerprint density at radius 2 is 1.52 bits per heavy atom. The van der Waals surface area contributed by atoms with E-state index in [0.717, 1.165) is 24.8 Å². The molecular formula is C37H55N3O7S. The molecule has 0 aromatic heterocycles. The minimum Gasteiger partial charge on any atom is -0.508 e. The van der Waals surface area contributed by atoms with Crippen LogP contribution in [0.3, 0.4) is 0 Å². The summed E-state index contributed by atoms with van der Waals surface area (Å²) in [6, 6.07) is 12.2. The van der Waals surface area contributed by atoms with E-state index in [-0.39, 0.29) is 18.7 Å². The number of amides is 3.